The van der Waals surface area contributed by atoms with Crippen molar-refractivity contribution in [3.8, 4) is 0 Å². The summed E-state index contributed by atoms with van der Waals surface area (Å²) in [7, 11) is 0. The van der Waals surface area contributed by atoms with Gasteiger partial charge in [-0.3, -0.25) is 14.4 Å². The zero-order chi connectivity index (χ0) is 20.3. The summed E-state index contributed by atoms with van der Waals surface area (Å²) >= 11 is 5.61. The molecule has 0 aliphatic carbocycles. The normalized spacial score (nSPS) is 23.2. The van der Waals surface area contributed by atoms with Crippen molar-refractivity contribution < 1.29 is 14.0 Å². The molecule has 2 amide bonds. The number of carbonyl (C=O) groups is 2. The Kier molecular flexibility index (Phi) is 4.49. The van der Waals surface area contributed by atoms with Crippen LogP contribution < -0.4 is 9.77 Å². The van der Waals surface area contributed by atoms with E-state index in [4.69, 9.17) is 0 Å². The first kappa shape index (κ1) is 18.8. The minimum atomic E-state index is -0.666. The number of halogens is 2. The summed E-state index contributed by atoms with van der Waals surface area (Å²) in [6.07, 6.45) is 0. The van der Waals surface area contributed by atoms with Crippen molar-refractivity contribution in [2.45, 2.75) is 16.2 Å². The van der Waals surface area contributed by atoms with Gasteiger partial charge in [0.05, 0.1) is 16.6 Å². The SMILES string of the molecule is O=C1C2Sc3[nH]c(=O)sc3[C@H](c3ccc(F)cc3)C2C(=O)N1c1ccc(Br)cc1. The lowest BCUT2D eigenvalue weighted by Gasteiger charge is -2.29. The first-order valence-electron chi connectivity index (χ1n) is 8.72. The molecule has 9 heteroatoms. The lowest BCUT2D eigenvalue weighted by molar-refractivity contribution is -0.122. The van der Waals surface area contributed by atoms with E-state index in [1.807, 2.05) is 0 Å². The Bertz CT molecular complexity index is 1190. The van der Waals surface area contributed by atoms with Crippen molar-refractivity contribution >= 4 is 56.5 Å². The molecule has 29 heavy (non-hydrogen) atoms. The Hall–Kier alpha value is -2.23. The summed E-state index contributed by atoms with van der Waals surface area (Å²) in [6, 6.07) is 12.9. The van der Waals surface area contributed by atoms with Gasteiger partial charge in [-0.1, -0.05) is 51.2 Å². The smallest absolute Gasteiger partial charge is 0.305 e. The van der Waals surface area contributed by atoms with E-state index in [-0.39, 0.29) is 22.5 Å². The fraction of sp³-hybridized carbons (Fsp3) is 0.150. The van der Waals surface area contributed by atoms with E-state index in [0.29, 0.717) is 21.2 Å². The number of aromatic amines is 1. The summed E-state index contributed by atoms with van der Waals surface area (Å²) in [6.45, 7) is 0. The van der Waals surface area contributed by atoms with Crippen molar-refractivity contribution in [2.24, 2.45) is 5.92 Å². The maximum absolute atomic E-state index is 13.5. The maximum Gasteiger partial charge on any atom is 0.305 e. The number of thioether (sulfide) groups is 1. The van der Waals surface area contributed by atoms with E-state index in [1.54, 1.807) is 36.4 Å². The van der Waals surface area contributed by atoms with Crippen LogP contribution in [0.3, 0.4) is 0 Å². The molecule has 2 aliphatic rings. The van der Waals surface area contributed by atoms with E-state index in [1.165, 1.54) is 28.8 Å². The molecule has 2 aromatic carbocycles. The van der Waals surface area contributed by atoms with E-state index < -0.39 is 17.1 Å². The van der Waals surface area contributed by atoms with Crippen LogP contribution in [0.25, 0.3) is 0 Å². The first-order valence-corrected chi connectivity index (χ1v) is 11.2. The van der Waals surface area contributed by atoms with Crippen LogP contribution in [0.15, 0.2) is 62.8 Å². The summed E-state index contributed by atoms with van der Waals surface area (Å²) in [5.74, 6) is -2.16. The van der Waals surface area contributed by atoms with Crippen LogP contribution in [0.4, 0.5) is 10.1 Å². The number of hydrogen-bond acceptors (Lipinski definition) is 5. The van der Waals surface area contributed by atoms with E-state index in [2.05, 4.69) is 20.9 Å². The Morgan fingerprint density at radius 1 is 0.966 bits per heavy atom. The van der Waals surface area contributed by atoms with Crippen molar-refractivity contribution in [1.82, 2.24) is 4.98 Å². The number of anilines is 1. The summed E-state index contributed by atoms with van der Waals surface area (Å²) in [5, 5.41) is -0.0478. The molecule has 146 valence electrons. The topological polar surface area (TPSA) is 70.2 Å². The molecule has 0 saturated carbocycles. The van der Waals surface area contributed by atoms with E-state index in [0.717, 1.165) is 15.8 Å². The third-order valence-electron chi connectivity index (χ3n) is 5.14. The number of thiazole rings is 1. The number of nitrogens with zero attached hydrogens (tertiary/aromatic N) is 1. The molecule has 1 N–H and O–H groups in total. The zero-order valence-electron chi connectivity index (χ0n) is 14.6. The fourth-order valence-electron chi connectivity index (χ4n) is 3.89. The van der Waals surface area contributed by atoms with Gasteiger partial charge < -0.3 is 4.98 Å². The highest BCUT2D eigenvalue weighted by atomic mass is 79.9. The van der Waals surface area contributed by atoms with Gasteiger partial charge in [0.15, 0.2) is 0 Å². The van der Waals surface area contributed by atoms with Crippen molar-refractivity contribution in [3.05, 3.63) is 78.9 Å². The van der Waals surface area contributed by atoms with Crippen LogP contribution in [0.5, 0.6) is 0 Å². The number of carbonyl (C=O) groups excluding carboxylic acids is 2. The maximum atomic E-state index is 13.5. The van der Waals surface area contributed by atoms with Gasteiger partial charge in [-0.15, -0.1) is 0 Å². The zero-order valence-corrected chi connectivity index (χ0v) is 17.8. The van der Waals surface area contributed by atoms with Gasteiger partial charge in [-0.25, -0.2) is 9.29 Å². The number of aromatic nitrogens is 1. The first-order chi connectivity index (χ1) is 13.9. The second-order valence-electron chi connectivity index (χ2n) is 6.79. The predicted octanol–water partition coefficient (Wildman–Crippen LogP) is 4.13. The summed E-state index contributed by atoms with van der Waals surface area (Å²) < 4.78 is 14.3. The molecule has 3 atom stereocenters. The van der Waals surface area contributed by atoms with Crippen LogP contribution in [0.1, 0.15) is 16.4 Å². The number of nitrogens with one attached hydrogen (secondary N) is 1. The fourth-order valence-corrected chi connectivity index (χ4v) is 6.67. The van der Waals surface area contributed by atoms with E-state index >= 15 is 0 Å². The summed E-state index contributed by atoms with van der Waals surface area (Å²) in [4.78, 5) is 43.1. The van der Waals surface area contributed by atoms with Crippen molar-refractivity contribution in [1.29, 1.82) is 0 Å². The number of amides is 2. The third-order valence-corrected chi connectivity index (χ3v) is 8.07. The molecule has 1 fully saturated rings. The Morgan fingerprint density at radius 3 is 2.34 bits per heavy atom. The quantitative estimate of drug-likeness (QED) is 0.548. The monoisotopic (exact) mass is 490 g/mol. The molecule has 3 heterocycles. The summed E-state index contributed by atoms with van der Waals surface area (Å²) in [5.41, 5.74) is 1.21. The van der Waals surface area contributed by atoms with Gasteiger partial charge >= 0.3 is 4.87 Å². The largest absolute Gasteiger partial charge is 0.307 e. The minimum absolute atomic E-state index is 0.237. The van der Waals surface area contributed by atoms with Crippen molar-refractivity contribution in [3.63, 3.8) is 0 Å². The van der Waals surface area contributed by atoms with Gasteiger partial charge in [-0.05, 0) is 42.0 Å². The van der Waals surface area contributed by atoms with Crippen LogP contribution in [0, 0.1) is 11.7 Å². The van der Waals surface area contributed by atoms with Gasteiger partial charge in [0.1, 0.15) is 11.1 Å². The van der Waals surface area contributed by atoms with Gasteiger partial charge in [0, 0.05) is 15.3 Å². The number of imide groups is 1. The second kappa shape index (κ2) is 6.93. The van der Waals surface area contributed by atoms with E-state index in [9.17, 15) is 18.8 Å². The highest BCUT2D eigenvalue weighted by molar-refractivity contribution is 9.10. The number of fused-ring (bicyclic) bond motifs is 2. The molecule has 5 nitrogen and oxygen atoms in total. The lowest BCUT2D eigenvalue weighted by Crippen LogP contribution is -2.32. The Labute approximate surface area is 181 Å². The average molecular weight is 491 g/mol. The van der Waals surface area contributed by atoms with Gasteiger partial charge in [0.2, 0.25) is 11.8 Å². The van der Waals surface area contributed by atoms with Crippen LogP contribution in [0.2, 0.25) is 0 Å². The lowest BCUT2D eigenvalue weighted by atomic mass is 9.83. The van der Waals surface area contributed by atoms with Crippen LogP contribution >= 0.6 is 39.0 Å². The highest BCUT2D eigenvalue weighted by Gasteiger charge is 2.56. The molecule has 5 rings (SSSR count). The molecule has 3 aromatic rings. The third kappa shape index (κ3) is 2.99. The van der Waals surface area contributed by atoms with Crippen LogP contribution in [-0.2, 0) is 9.59 Å². The number of rotatable bonds is 2. The predicted molar refractivity (Wildman–Crippen MR) is 113 cm³/mol. The number of benzene rings is 2. The number of hydrogen-bond donors (Lipinski definition) is 1. The molecule has 1 aromatic heterocycles. The molecule has 2 unspecified atom stereocenters. The number of H-pyrrole nitrogens is 1. The Morgan fingerprint density at radius 2 is 1.66 bits per heavy atom. The molecule has 0 spiro atoms. The standard InChI is InChI=1S/C20H12BrFN2O3S2/c21-10-3-7-12(8-4-10)24-18(25)14-13(9-1-5-11(22)6-2-9)15-17(23-20(27)29-15)28-16(14)19(24)26/h1-8,13-14,16H,(H,23,27)/t13-,14?,16?/m1/s1. The van der Waals surface area contributed by atoms with Gasteiger partial charge in [-0.2, -0.15) is 0 Å². The molecule has 2 aliphatic heterocycles. The molecule has 1 saturated heterocycles. The Balaban J connectivity index is 1.64. The van der Waals surface area contributed by atoms with Crippen molar-refractivity contribution in [2.75, 3.05) is 4.90 Å². The molecular formula is C20H12BrFN2O3S2. The van der Waals surface area contributed by atoms with Gasteiger partial charge in [0.25, 0.3) is 0 Å². The average Bonchev–Trinajstić information content (AvgIpc) is 3.19. The minimum Gasteiger partial charge on any atom is -0.307 e. The molecular weight excluding hydrogens is 479 g/mol. The molecule has 0 bridgehead atoms. The molecule has 0 radical (unpaired) electrons. The highest BCUT2D eigenvalue weighted by Crippen LogP contribution is 2.53. The second-order valence-corrected chi connectivity index (χ2v) is 9.87. The van der Waals surface area contributed by atoms with Crippen LogP contribution in [-0.4, -0.2) is 22.0 Å².